The van der Waals surface area contributed by atoms with Gasteiger partial charge in [-0.3, -0.25) is 4.98 Å². The summed E-state index contributed by atoms with van der Waals surface area (Å²) in [4.78, 5) is 17.7. The average molecular weight is 326 g/mol. The van der Waals surface area contributed by atoms with Crippen molar-refractivity contribution < 1.29 is 0 Å². The summed E-state index contributed by atoms with van der Waals surface area (Å²) in [7, 11) is 1.87. The molecule has 7 heteroatoms. The molecule has 0 aliphatic rings. The van der Waals surface area contributed by atoms with Crippen molar-refractivity contribution in [3.8, 4) is 11.4 Å². The first kappa shape index (κ1) is 15.4. The summed E-state index contributed by atoms with van der Waals surface area (Å²) in [6, 6.07) is 3.82. The normalized spacial score (nSPS) is 10.6. The molecule has 3 aromatic rings. The van der Waals surface area contributed by atoms with Crippen LogP contribution in [-0.2, 0) is 6.54 Å². The van der Waals surface area contributed by atoms with E-state index in [2.05, 4.69) is 30.6 Å². The van der Waals surface area contributed by atoms with E-state index in [1.807, 2.05) is 38.4 Å². The topological polar surface area (TPSA) is 75.6 Å². The number of hydrogen-bond donors (Lipinski definition) is 2. The molecule has 118 valence electrons. The summed E-state index contributed by atoms with van der Waals surface area (Å²) in [6.45, 7) is 4.65. The SMILES string of the molecule is CNc1nc(CNc2nc(-c3ccncc3)nc(C)c2C)cs1. The third-order valence-electron chi connectivity index (χ3n) is 3.53. The Balaban J connectivity index is 1.85. The number of aromatic nitrogens is 4. The zero-order chi connectivity index (χ0) is 16.2. The smallest absolute Gasteiger partial charge is 0.182 e. The molecule has 0 saturated heterocycles. The Hall–Kier alpha value is -2.54. The van der Waals surface area contributed by atoms with E-state index in [1.54, 1.807) is 23.7 Å². The Morgan fingerprint density at radius 1 is 1.09 bits per heavy atom. The number of rotatable bonds is 5. The van der Waals surface area contributed by atoms with E-state index in [0.717, 1.165) is 33.5 Å². The minimum Gasteiger partial charge on any atom is -0.365 e. The molecule has 3 aromatic heterocycles. The van der Waals surface area contributed by atoms with Gasteiger partial charge in [-0.25, -0.2) is 15.0 Å². The molecular formula is C16H18N6S. The van der Waals surface area contributed by atoms with Crippen molar-refractivity contribution in [1.29, 1.82) is 0 Å². The number of nitrogens with one attached hydrogen (secondary N) is 2. The van der Waals surface area contributed by atoms with Crippen LogP contribution < -0.4 is 10.6 Å². The first-order valence-corrected chi connectivity index (χ1v) is 8.17. The molecule has 23 heavy (non-hydrogen) atoms. The largest absolute Gasteiger partial charge is 0.365 e. The van der Waals surface area contributed by atoms with Crippen LogP contribution in [0, 0.1) is 13.8 Å². The lowest BCUT2D eigenvalue weighted by Gasteiger charge is -2.11. The Bertz CT molecular complexity index is 800. The lowest BCUT2D eigenvalue weighted by molar-refractivity contribution is 1.01. The lowest BCUT2D eigenvalue weighted by atomic mass is 10.2. The van der Waals surface area contributed by atoms with Gasteiger partial charge in [0.1, 0.15) is 5.82 Å². The van der Waals surface area contributed by atoms with Crippen molar-refractivity contribution >= 4 is 22.3 Å². The zero-order valence-electron chi connectivity index (χ0n) is 13.3. The number of thiazole rings is 1. The van der Waals surface area contributed by atoms with Crippen molar-refractivity contribution in [2.24, 2.45) is 0 Å². The highest BCUT2D eigenvalue weighted by Crippen LogP contribution is 2.22. The molecule has 2 N–H and O–H groups in total. The van der Waals surface area contributed by atoms with Crippen LogP contribution in [0.25, 0.3) is 11.4 Å². The van der Waals surface area contributed by atoms with Crippen LogP contribution in [-0.4, -0.2) is 27.0 Å². The molecule has 6 nitrogen and oxygen atoms in total. The first-order valence-electron chi connectivity index (χ1n) is 7.29. The zero-order valence-corrected chi connectivity index (χ0v) is 14.1. The summed E-state index contributed by atoms with van der Waals surface area (Å²) >= 11 is 1.59. The molecule has 3 heterocycles. The Kier molecular flexibility index (Phi) is 4.47. The predicted octanol–water partition coefficient (Wildman–Crippen LogP) is 3.27. The third-order valence-corrected chi connectivity index (χ3v) is 4.44. The molecule has 3 rings (SSSR count). The highest BCUT2D eigenvalue weighted by Gasteiger charge is 2.10. The molecule has 0 atom stereocenters. The van der Waals surface area contributed by atoms with Gasteiger partial charge in [0.25, 0.3) is 0 Å². The number of anilines is 2. The van der Waals surface area contributed by atoms with Gasteiger partial charge in [0.15, 0.2) is 11.0 Å². The van der Waals surface area contributed by atoms with Crippen molar-refractivity contribution in [2.45, 2.75) is 20.4 Å². The minimum absolute atomic E-state index is 0.630. The van der Waals surface area contributed by atoms with E-state index in [4.69, 9.17) is 0 Å². The van der Waals surface area contributed by atoms with Crippen LogP contribution in [0.4, 0.5) is 10.9 Å². The molecule has 0 aliphatic carbocycles. The van der Waals surface area contributed by atoms with Crippen molar-refractivity contribution in [2.75, 3.05) is 17.7 Å². The Morgan fingerprint density at radius 2 is 1.87 bits per heavy atom. The second-order valence-corrected chi connectivity index (χ2v) is 5.95. The van der Waals surface area contributed by atoms with Crippen LogP contribution >= 0.6 is 11.3 Å². The van der Waals surface area contributed by atoms with Gasteiger partial charge in [0.2, 0.25) is 0 Å². The molecule has 0 fully saturated rings. The Morgan fingerprint density at radius 3 is 2.57 bits per heavy atom. The van der Waals surface area contributed by atoms with Crippen molar-refractivity contribution in [1.82, 2.24) is 19.9 Å². The summed E-state index contributed by atoms with van der Waals surface area (Å²) in [6.07, 6.45) is 3.49. The third kappa shape index (κ3) is 3.45. The van der Waals surface area contributed by atoms with E-state index in [0.29, 0.717) is 12.4 Å². The van der Waals surface area contributed by atoms with E-state index >= 15 is 0 Å². The fourth-order valence-electron chi connectivity index (χ4n) is 2.11. The van der Waals surface area contributed by atoms with Gasteiger partial charge in [-0.1, -0.05) is 0 Å². The van der Waals surface area contributed by atoms with E-state index in [-0.39, 0.29) is 0 Å². The highest BCUT2D eigenvalue weighted by molar-refractivity contribution is 7.13. The fourth-order valence-corrected chi connectivity index (χ4v) is 2.78. The van der Waals surface area contributed by atoms with E-state index < -0.39 is 0 Å². The van der Waals surface area contributed by atoms with Gasteiger partial charge < -0.3 is 10.6 Å². The standard InChI is InChI=1S/C16H18N6S/c1-10-11(2)20-15(12-4-6-18-7-5-12)22-14(10)19-8-13-9-23-16(17-3)21-13/h4-7,9H,8H2,1-3H3,(H,17,21)(H,19,20,22). The van der Waals surface area contributed by atoms with Crippen LogP contribution in [0.15, 0.2) is 29.9 Å². The second-order valence-electron chi connectivity index (χ2n) is 5.09. The molecule has 0 aromatic carbocycles. The minimum atomic E-state index is 0.630. The predicted molar refractivity (Wildman–Crippen MR) is 93.7 cm³/mol. The lowest BCUT2D eigenvalue weighted by Crippen LogP contribution is -2.07. The van der Waals surface area contributed by atoms with E-state index in [1.165, 1.54) is 0 Å². The maximum absolute atomic E-state index is 4.66. The summed E-state index contributed by atoms with van der Waals surface area (Å²) in [5.41, 5.74) is 3.95. The van der Waals surface area contributed by atoms with Gasteiger partial charge in [-0.15, -0.1) is 11.3 Å². The Labute approximate surface area is 139 Å². The fraction of sp³-hybridized carbons (Fsp3) is 0.250. The number of nitrogens with zero attached hydrogens (tertiary/aromatic N) is 4. The molecule has 0 bridgehead atoms. The van der Waals surface area contributed by atoms with Crippen LogP contribution in [0.5, 0.6) is 0 Å². The first-order chi connectivity index (χ1) is 11.2. The molecule has 0 unspecified atom stereocenters. The molecule has 0 spiro atoms. The number of pyridine rings is 1. The van der Waals surface area contributed by atoms with Gasteiger partial charge in [0, 0.05) is 41.6 Å². The number of aryl methyl sites for hydroxylation is 1. The van der Waals surface area contributed by atoms with Gasteiger partial charge in [0.05, 0.1) is 12.2 Å². The monoisotopic (exact) mass is 326 g/mol. The van der Waals surface area contributed by atoms with E-state index in [9.17, 15) is 0 Å². The quantitative estimate of drug-likeness (QED) is 0.749. The van der Waals surface area contributed by atoms with Crippen LogP contribution in [0.1, 0.15) is 17.0 Å². The van der Waals surface area contributed by atoms with Crippen molar-refractivity contribution in [3.63, 3.8) is 0 Å². The van der Waals surface area contributed by atoms with Gasteiger partial charge >= 0.3 is 0 Å². The molecular weight excluding hydrogens is 308 g/mol. The van der Waals surface area contributed by atoms with Gasteiger partial charge in [-0.2, -0.15) is 0 Å². The maximum Gasteiger partial charge on any atom is 0.182 e. The molecule has 0 amide bonds. The summed E-state index contributed by atoms with van der Waals surface area (Å²) < 4.78 is 0. The van der Waals surface area contributed by atoms with Crippen LogP contribution in [0.2, 0.25) is 0 Å². The highest BCUT2D eigenvalue weighted by atomic mass is 32.1. The molecule has 0 aliphatic heterocycles. The molecule has 0 saturated carbocycles. The van der Waals surface area contributed by atoms with Gasteiger partial charge in [-0.05, 0) is 26.0 Å². The summed E-state index contributed by atoms with van der Waals surface area (Å²) in [5.74, 6) is 1.54. The van der Waals surface area contributed by atoms with Crippen molar-refractivity contribution in [3.05, 3.63) is 46.9 Å². The second kappa shape index (κ2) is 6.70. The number of hydrogen-bond acceptors (Lipinski definition) is 7. The maximum atomic E-state index is 4.66. The molecule has 0 radical (unpaired) electrons. The summed E-state index contributed by atoms with van der Waals surface area (Å²) in [5, 5.41) is 9.36. The average Bonchev–Trinajstić information content (AvgIpc) is 3.05. The van der Waals surface area contributed by atoms with Crippen LogP contribution in [0.3, 0.4) is 0 Å².